The van der Waals surface area contributed by atoms with Crippen molar-refractivity contribution in [2.75, 3.05) is 0 Å². The van der Waals surface area contributed by atoms with Crippen molar-refractivity contribution in [1.82, 2.24) is 14.5 Å². The Balaban J connectivity index is 1.19. The predicted octanol–water partition coefficient (Wildman–Crippen LogP) is 10.2. The summed E-state index contributed by atoms with van der Waals surface area (Å²) in [6, 6.07) is 72.0. The Morgan fingerprint density at radius 1 is 0.439 bits per heavy atom. The molecule has 11 aromatic rings. The third-order valence-corrected chi connectivity index (χ3v) is 22.1. The molecular weight excluding hydrogens is 755 g/mol. The predicted molar refractivity (Wildman–Crippen MR) is 237 cm³/mol. The molecule has 0 spiro atoms. The van der Waals surface area contributed by atoms with Crippen molar-refractivity contribution < 1.29 is 4.42 Å². The first-order chi connectivity index (χ1) is 28.3. The third-order valence-electron chi connectivity index (χ3n) is 11.9. The summed E-state index contributed by atoms with van der Waals surface area (Å²) in [5.41, 5.74) is 10.3. The summed E-state index contributed by atoms with van der Waals surface area (Å²) in [4.78, 5) is 11.4. The molecule has 0 saturated heterocycles. The van der Waals surface area contributed by atoms with Crippen LogP contribution in [-0.4, -0.2) is 27.8 Å². The number of hydrogen-bond donors (Lipinski definition) is 0. The first-order valence-corrected chi connectivity index (χ1v) is 23.6. The molecule has 266 valence electrons. The molecule has 1 aliphatic rings. The van der Waals surface area contributed by atoms with Gasteiger partial charge in [-0.25, -0.2) is 0 Å². The van der Waals surface area contributed by atoms with Crippen molar-refractivity contribution in [2.24, 2.45) is 0 Å². The van der Waals surface area contributed by atoms with Crippen LogP contribution < -0.4 is 17.6 Å². The van der Waals surface area contributed by atoms with E-state index in [0.717, 1.165) is 71.9 Å². The average molecular weight is 788 g/mol. The molecule has 3 aromatic heterocycles. The molecule has 0 bridgehead atoms. The number of benzene rings is 8. The molecule has 0 N–H and O–H groups in total. The van der Waals surface area contributed by atoms with Crippen LogP contribution in [-0.2, 0) is 0 Å². The van der Waals surface area contributed by atoms with E-state index < -0.39 is 13.3 Å². The molecule has 0 radical (unpaired) electrons. The quantitative estimate of drug-likeness (QED) is 0.163. The van der Waals surface area contributed by atoms with E-state index in [9.17, 15) is 0 Å². The Labute approximate surface area is 331 Å². The normalized spacial score (nSPS) is 13.1. The summed E-state index contributed by atoms with van der Waals surface area (Å²) in [6.07, 6.45) is 0. The van der Waals surface area contributed by atoms with Gasteiger partial charge in [-0.15, -0.1) is 0 Å². The number of aromatic nitrogens is 3. The number of rotatable bonds is 5. The Hall–Kier alpha value is -7.02. The van der Waals surface area contributed by atoms with Gasteiger partial charge in [0.1, 0.15) is 0 Å². The molecule has 5 heteroatoms. The van der Waals surface area contributed by atoms with E-state index in [4.69, 9.17) is 14.4 Å². The molecule has 0 amide bonds. The maximum atomic E-state index is 6.65. The zero-order chi connectivity index (χ0) is 37.5. The van der Waals surface area contributed by atoms with E-state index >= 15 is 0 Å². The SMILES string of the molecule is c1ccc(-c2nc(-c3ccccc3-n3c4ccccc4c4c5oc6ccccc6c5ccc43)nc3[c]2[Ge]([c]2ccccc2)([c]2ccccc2)[c]2ccccc2-3)cc1. The molecule has 4 heterocycles. The fraction of sp³-hybridized carbons (Fsp3) is 0. The van der Waals surface area contributed by atoms with Crippen molar-refractivity contribution in [1.29, 1.82) is 0 Å². The molecule has 1 aliphatic heterocycles. The van der Waals surface area contributed by atoms with Crippen LogP contribution in [0.25, 0.3) is 83.3 Å². The molecule has 4 nitrogen and oxygen atoms in total. The molecule has 0 unspecified atom stereocenters. The minimum atomic E-state index is -3.68. The molecular formula is C52H33GeN3O. The molecule has 0 fully saturated rings. The van der Waals surface area contributed by atoms with Crippen LogP contribution in [0.1, 0.15) is 0 Å². The molecule has 0 atom stereocenters. The van der Waals surface area contributed by atoms with Crippen molar-refractivity contribution >= 4 is 74.6 Å². The number of furan rings is 1. The number of fused-ring (bicyclic) bond motifs is 10. The molecule has 0 saturated carbocycles. The summed E-state index contributed by atoms with van der Waals surface area (Å²) in [5.74, 6) is 0.702. The monoisotopic (exact) mass is 789 g/mol. The number of para-hydroxylation sites is 3. The van der Waals surface area contributed by atoms with E-state index in [-0.39, 0.29) is 0 Å². The van der Waals surface area contributed by atoms with Gasteiger partial charge in [-0.2, -0.15) is 0 Å². The maximum absolute atomic E-state index is 6.65. The van der Waals surface area contributed by atoms with Crippen LogP contribution >= 0.6 is 0 Å². The van der Waals surface area contributed by atoms with Gasteiger partial charge >= 0.3 is 309 Å². The van der Waals surface area contributed by atoms with Gasteiger partial charge in [-0.3, -0.25) is 0 Å². The molecule has 12 rings (SSSR count). The van der Waals surface area contributed by atoms with Gasteiger partial charge in [0, 0.05) is 0 Å². The van der Waals surface area contributed by atoms with Crippen molar-refractivity contribution in [3.8, 4) is 39.6 Å². The fourth-order valence-electron chi connectivity index (χ4n) is 9.58. The molecule has 8 aromatic carbocycles. The second-order valence-corrected chi connectivity index (χ2v) is 22.6. The summed E-state index contributed by atoms with van der Waals surface area (Å²) in [7, 11) is 0. The summed E-state index contributed by atoms with van der Waals surface area (Å²) >= 11 is -3.68. The van der Waals surface area contributed by atoms with Gasteiger partial charge in [0.05, 0.1) is 0 Å². The average Bonchev–Trinajstić information content (AvgIpc) is 3.93. The van der Waals surface area contributed by atoms with E-state index in [1.165, 1.54) is 23.1 Å². The van der Waals surface area contributed by atoms with Crippen molar-refractivity contribution in [3.63, 3.8) is 0 Å². The van der Waals surface area contributed by atoms with Gasteiger partial charge in [-0.1, -0.05) is 18.2 Å². The van der Waals surface area contributed by atoms with Crippen LogP contribution in [0, 0.1) is 0 Å². The topological polar surface area (TPSA) is 43.9 Å². The van der Waals surface area contributed by atoms with Gasteiger partial charge < -0.3 is 0 Å². The van der Waals surface area contributed by atoms with Crippen molar-refractivity contribution in [2.45, 2.75) is 0 Å². The van der Waals surface area contributed by atoms with Crippen LogP contribution in [0.3, 0.4) is 0 Å². The first kappa shape index (κ1) is 32.2. The van der Waals surface area contributed by atoms with E-state index in [2.05, 4.69) is 199 Å². The summed E-state index contributed by atoms with van der Waals surface area (Å²) in [6.45, 7) is 0. The molecule has 57 heavy (non-hydrogen) atoms. The Bertz CT molecular complexity index is 3310. The molecule has 0 aliphatic carbocycles. The van der Waals surface area contributed by atoms with Crippen LogP contribution in [0.4, 0.5) is 0 Å². The number of nitrogens with zero attached hydrogens (tertiary/aromatic N) is 3. The number of hydrogen-bond acceptors (Lipinski definition) is 3. The van der Waals surface area contributed by atoms with Crippen molar-refractivity contribution in [3.05, 3.63) is 200 Å². The zero-order valence-electron chi connectivity index (χ0n) is 30.8. The van der Waals surface area contributed by atoms with Gasteiger partial charge in [0.25, 0.3) is 0 Å². The minimum absolute atomic E-state index is 0.702. The van der Waals surface area contributed by atoms with E-state index in [0.29, 0.717) is 5.82 Å². The van der Waals surface area contributed by atoms with E-state index in [1.54, 1.807) is 0 Å². The standard InChI is InChI=1S/C52H33GeN3O/c1-4-18-34(19-5-1)49-48-50(39-25-10-14-28-42(39)53(48,35-20-6-2-7-21-35)36-22-8-3-9-23-36)55-52(54-49)41-27-12-16-30-44(41)56-43-29-15-11-26-40(43)47-45(56)33-32-38-37-24-13-17-31-46(37)57-51(38)47/h1-33H. The first-order valence-electron chi connectivity index (χ1n) is 19.4. The summed E-state index contributed by atoms with van der Waals surface area (Å²) < 4.78 is 14.4. The van der Waals surface area contributed by atoms with Crippen LogP contribution in [0.15, 0.2) is 205 Å². The van der Waals surface area contributed by atoms with Gasteiger partial charge in [0.2, 0.25) is 0 Å². The Morgan fingerprint density at radius 2 is 1.04 bits per heavy atom. The summed E-state index contributed by atoms with van der Waals surface area (Å²) in [5, 5.41) is 4.49. The zero-order valence-corrected chi connectivity index (χ0v) is 32.9. The second kappa shape index (κ2) is 12.5. The fourth-order valence-corrected chi connectivity index (χ4v) is 20.6. The Kier molecular flexibility index (Phi) is 7.07. The van der Waals surface area contributed by atoms with E-state index in [1.807, 2.05) is 6.07 Å². The van der Waals surface area contributed by atoms with Crippen LogP contribution in [0.2, 0.25) is 0 Å². The van der Waals surface area contributed by atoms with Crippen LogP contribution in [0.5, 0.6) is 0 Å². The van der Waals surface area contributed by atoms with Gasteiger partial charge in [-0.05, 0) is 6.07 Å². The Morgan fingerprint density at radius 3 is 1.81 bits per heavy atom. The third kappa shape index (κ3) is 4.56. The second-order valence-electron chi connectivity index (χ2n) is 14.8. The van der Waals surface area contributed by atoms with Gasteiger partial charge in [0.15, 0.2) is 0 Å².